The van der Waals surface area contributed by atoms with Crippen LogP contribution >= 0.6 is 0 Å². The minimum absolute atomic E-state index is 0.224. The zero-order chi connectivity index (χ0) is 15.2. The zero-order valence-electron chi connectivity index (χ0n) is 12.2. The van der Waals surface area contributed by atoms with Gasteiger partial charge in [0.2, 0.25) is 0 Å². The number of furan rings is 1. The molecule has 22 heavy (non-hydrogen) atoms. The highest BCUT2D eigenvalue weighted by Crippen LogP contribution is 2.23. The molecule has 5 nitrogen and oxygen atoms in total. The molecule has 1 N–H and O–H groups in total. The molecule has 0 bridgehead atoms. The number of aromatic nitrogens is 1. The van der Waals surface area contributed by atoms with Gasteiger partial charge in [0.15, 0.2) is 0 Å². The van der Waals surface area contributed by atoms with Crippen molar-refractivity contribution in [1.29, 1.82) is 0 Å². The Balaban J connectivity index is 1.75. The van der Waals surface area contributed by atoms with Gasteiger partial charge in [0.05, 0.1) is 12.0 Å². The second-order valence-corrected chi connectivity index (χ2v) is 5.13. The summed E-state index contributed by atoms with van der Waals surface area (Å²) in [6.07, 6.45) is 10.8. The second-order valence-electron chi connectivity index (χ2n) is 5.13. The van der Waals surface area contributed by atoms with Gasteiger partial charge in [-0.15, -0.1) is 0 Å². The van der Waals surface area contributed by atoms with Crippen LogP contribution in [0.2, 0.25) is 0 Å². The summed E-state index contributed by atoms with van der Waals surface area (Å²) in [5.41, 5.74) is 5.22. The highest BCUT2D eigenvalue weighted by atomic mass is 16.3. The fourth-order valence-corrected chi connectivity index (χ4v) is 2.43. The van der Waals surface area contributed by atoms with Crippen molar-refractivity contribution in [3.63, 3.8) is 0 Å². The lowest BCUT2D eigenvalue weighted by Crippen LogP contribution is -2.21. The Morgan fingerprint density at radius 1 is 1.23 bits per heavy atom. The first-order chi connectivity index (χ1) is 10.8. The number of hydrogen-bond donors (Lipinski definition) is 1. The Bertz CT molecular complexity index is 688. The third-order valence-electron chi connectivity index (χ3n) is 3.57. The Morgan fingerprint density at radius 3 is 2.82 bits per heavy atom. The number of hydrogen-bond acceptors (Lipinski definition) is 4. The summed E-state index contributed by atoms with van der Waals surface area (Å²) in [5.74, 6) is 0.586. The molecule has 2 aromatic rings. The van der Waals surface area contributed by atoms with Crippen molar-refractivity contribution in [2.75, 3.05) is 0 Å². The Labute approximate surface area is 128 Å². The van der Waals surface area contributed by atoms with E-state index >= 15 is 0 Å². The van der Waals surface area contributed by atoms with E-state index in [1.807, 2.05) is 18.2 Å². The van der Waals surface area contributed by atoms with Gasteiger partial charge in [0.1, 0.15) is 5.76 Å². The molecular formula is C17H17N3O2. The van der Waals surface area contributed by atoms with Gasteiger partial charge in [-0.25, -0.2) is 5.43 Å². The van der Waals surface area contributed by atoms with Crippen LogP contribution in [-0.4, -0.2) is 16.6 Å². The minimum atomic E-state index is -0.224. The number of nitrogens with zero attached hydrogens (tertiary/aromatic N) is 2. The van der Waals surface area contributed by atoms with Gasteiger partial charge in [0.25, 0.3) is 5.91 Å². The van der Waals surface area contributed by atoms with Gasteiger partial charge < -0.3 is 4.42 Å². The van der Waals surface area contributed by atoms with Crippen molar-refractivity contribution < 1.29 is 9.21 Å². The van der Waals surface area contributed by atoms with Crippen LogP contribution in [0.3, 0.4) is 0 Å². The molecule has 0 aromatic carbocycles. The molecule has 5 heteroatoms. The van der Waals surface area contributed by atoms with E-state index in [1.54, 1.807) is 30.8 Å². The SMILES string of the molecule is O=C(NN=C1CCCCC1=Cc1ccco1)c1ccncc1. The number of rotatable bonds is 3. The van der Waals surface area contributed by atoms with Crippen molar-refractivity contribution in [1.82, 2.24) is 10.4 Å². The number of pyridine rings is 1. The maximum atomic E-state index is 12.0. The summed E-state index contributed by atoms with van der Waals surface area (Å²) in [6.45, 7) is 0. The number of hydrazone groups is 1. The molecule has 0 radical (unpaired) electrons. The van der Waals surface area contributed by atoms with Crippen molar-refractivity contribution in [2.24, 2.45) is 5.10 Å². The normalized spacial score (nSPS) is 18.5. The second kappa shape index (κ2) is 6.85. The van der Waals surface area contributed by atoms with E-state index in [1.165, 1.54) is 0 Å². The fourth-order valence-electron chi connectivity index (χ4n) is 2.43. The molecule has 0 spiro atoms. The molecule has 0 saturated heterocycles. The lowest BCUT2D eigenvalue weighted by Gasteiger charge is -2.16. The van der Waals surface area contributed by atoms with E-state index in [2.05, 4.69) is 15.5 Å². The third kappa shape index (κ3) is 3.49. The van der Waals surface area contributed by atoms with Gasteiger partial charge in [0, 0.05) is 18.0 Å². The molecule has 1 aliphatic carbocycles. The van der Waals surface area contributed by atoms with E-state index in [9.17, 15) is 4.79 Å². The summed E-state index contributed by atoms with van der Waals surface area (Å²) in [7, 11) is 0. The van der Waals surface area contributed by atoms with Crippen LogP contribution in [0.5, 0.6) is 0 Å². The molecule has 1 aliphatic rings. The highest BCUT2D eigenvalue weighted by Gasteiger charge is 2.15. The molecule has 0 unspecified atom stereocenters. The van der Waals surface area contributed by atoms with E-state index in [0.29, 0.717) is 5.56 Å². The van der Waals surface area contributed by atoms with Gasteiger partial charge in [-0.3, -0.25) is 9.78 Å². The van der Waals surface area contributed by atoms with Crippen LogP contribution in [0.4, 0.5) is 0 Å². The van der Waals surface area contributed by atoms with Gasteiger partial charge in [-0.1, -0.05) is 0 Å². The number of amides is 1. The van der Waals surface area contributed by atoms with Gasteiger partial charge in [-0.05, 0) is 61.6 Å². The average Bonchev–Trinajstić information content (AvgIpc) is 3.07. The minimum Gasteiger partial charge on any atom is -0.465 e. The smallest absolute Gasteiger partial charge is 0.271 e. The molecule has 1 fully saturated rings. The highest BCUT2D eigenvalue weighted by molar-refractivity contribution is 6.05. The standard InChI is InChI=1S/C17H17N3O2/c21-17(13-7-9-18-10-8-13)20-19-16-6-2-1-4-14(16)12-15-5-3-11-22-15/h3,5,7-12H,1-2,4,6H2,(H,20,21). The predicted octanol–water partition coefficient (Wildman–Crippen LogP) is 3.42. The molecular weight excluding hydrogens is 278 g/mol. The number of nitrogens with one attached hydrogen (secondary N) is 1. The maximum Gasteiger partial charge on any atom is 0.271 e. The fraction of sp³-hybridized carbons (Fsp3) is 0.235. The third-order valence-corrected chi connectivity index (χ3v) is 3.57. The van der Waals surface area contributed by atoms with Crippen LogP contribution in [0.15, 0.2) is 58.0 Å². The topological polar surface area (TPSA) is 67.5 Å². The quantitative estimate of drug-likeness (QED) is 0.882. The molecule has 1 saturated carbocycles. The van der Waals surface area contributed by atoms with Crippen molar-refractivity contribution >= 4 is 17.7 Å². The van der Waals surface area contributed by atoms with E-state index in [4.69, 9.17) is 4.42 Å². The number of allylic oxidation sites excluding steroid dienone is 1. The summed E-state index contributed by atoms with van der Waals surface area (Å²) < 4.78 is 5.35. The monoisotopic (exact) mass is 295 g/mol. The molecule has 0 atom stereocenters. The Hall–Kier alpha value is -2.69. The lowest BCUT2D eigenvalue weighted by molar-refractivity contribution is 0.0954. The molecule has 2 aromatic heterocycles. The van der Waals surface area contributed by atoms with E-state index < -0.39 is 0 Å². The molecule has 1 amide bonds. The van der Waals surface area contributed by atoms with Gasteiger partial charge in [-0.2, -0.15) is 5.10 Å². The first kappa shape index (κ1) is 14.3. The van der Waals surface area contributed by atoms with Crippen LogP contribution in [0.1, 0.15) is 41.8 Å². The number of carbonyl (C=O) groups excluding carboxylic acids is 1. The van der Waals surface area contributed by atoms with Crippen molar-refractivity contribution in [2.45, 2.75) is 25.7 Å². The van der Waals surface area contributed by atoms with Crippen LogP contribution in [0, 0.1) is 0 Å². The maximum absolute atomic E-state index is 12.0. The summed E-state index contributed by atoms with van der Waals surface area (Å²) >= 11 is 0. The molecule has 3 rings (SSSR count). The Morgan fingerprint density at radius 2 is 2.05 bits per heavy atom. The van der Waals surface area contributed by atoms with Gasteiger partial charge >= 0.3 is 0 Å². The summed E-state index contributed by atoms with van der Waals surface area (Å²) in [4.78, 5) is 15.9. The Kier molecular flexibility index (Phi) is 4.44. The number of carbonyl (C=O) groups is 1. The molecule has 0 aliphatic heterocycles. The van der Waals surface area contributed by atoms with Crippen molar-refractivity contribution in [3.05, 3.63) is 59.8 Å². The summed E-state index contributed by atoms with van der Waals surface area (Å²) in [5, 5.41) is 4.31. The molecule has 2 heterocycles. The predicted molar refractivity (Wildman–Crippen MR) is 84.3 cm³/mol. The van der Waals surface area contributed by atoms with E-state index in [-0.39, 0.29) is 5.91 Å². The van der Waals surface area contributed by atoms with Crippen LogP contribution in [-0.2, 0) is 0 Å². The first-order valence-corrected chi connectivity index (χ1v) is 7.34. The lowest BCUT2D eigenvalue weighted by atomic mass is 9.92. The first-order valence-electron chi connectivity index (χ1n) is 7.34. The summed E-state index contributed by atoms with van der Waals surface area (Å²) in [6, 6.07) is 7.10. The zero-order valence-corrected chi connectivity index (χ0v) is 12.2. The van der Waals surface area contributed by atoms with E-state index in [0.717, 1.165) is 42.7 Å². The van der Waals surface area contributed by atoms with Crippen LogP contribution in [0.25, 0.3) is 6.08 Å². The largest absolute Gasteiger partial charge is 0.465 e. The average molecular weight is 295 g/mol. The van der Waals surface area contributed by atoms with Crippen molar-refractivity contribution in [3.8, 4) is 0 Å². The molecule has 112 valence electrons. The van der Waals surface area contributed by atoms with Crippen LogP contribution < -0.4 is 5.43 Å².